The fourth-order valence-electron chi connectivity index (χ4n) is 1.90. The van der Waals surface area contributed by atoms with Gasteiger partial charge in [-0.15, -0.1) is 0 Å². The van der Waals surface area contributed by atoms with Crippen LogP contribution in [0, 0.1) is 17.8 Å². The number of sulfonamides is 1. The molecule has 0 unspecified atom stereocenters. The van der Waals surface area contributed by atoms with Crippen molar-refractivity contribution in [3.63, 3.8) is 0 Å². The molecule has 0 amide bonds. The van der Waals surface area contributed by atoms with E-state index in [9.17, 15) is 17.6 Å². The smallest absolute Gasteiger partial charge is 0.322 e. The third kappa shape index (κ3) is 6.30. The van der Waals surface area contributed by atoms with Gasteiger partial charge in [0.1, 0.15) is 6.04 Å². The van der Waals surface area contributed by atoms with Crippen LogP contribution in [0.4, 0.5) is 4.39 Å². The van der Waals surface area contributed by atoms with Gasteiger partial charge < -0.3 is 5.11 Å². The van der Waals surface area contributed by atoms with Crippen LogP contribution < -0.4 is 4.72 Å². The molecule has 0 fully saturated rings. The van der Waals surface area contributed by atoms with Crippen LogP contribution in [0.2, 0.25) is 0 Å². The summed E-state index contributed by atoms with van der Waals surface area (Å²) in [4.78, 5) is 11.1. The van der Waals surface area contributed by atoms with Crippen molar-refractivity contribution in [3.05, 3.63) is 29.8 Å². The number of nitrogens with one attached hydrogen (secondary N) is 1. The maximum Gasteiger partial charge on any atom is 0.322 e. The second-order valence-electron chi connectivity index (χ2n) is 5.65. The first kappa shape index (κ1) is 20.1. The summed E-state index contributed by atoms with van der Waals surface area (Å²) in [6, 6.07) is 4.69. The molecule has 0 bridgehead atoms. The van der Waals surface area contributed by atoms with Gasteiger partial charge in [-0.2, -0.15) is 4.72 Å². The van der Waals surface area contributed by atoms with E-state index in [1.54, 1.807) is 26.0 Å². The molecule has 5 nitrogen and oxygen atoms in total. The average Bonchev–Trinajstić information content (AvgIpc) is 2.52. The van der Waals surface area contributed by atoms with Crippen molar-refractivity contribution < 1.29 is 22.7 Å². The number of hydrogen-bond acceptors (Lipinski definition) is 3. The van der Waals surface area contributed by atoms with Crippen LogP contribution >= 0.6 is 0 Å². The first-order valence-corrected chi connectivity index (χ1v) is 9.16. The quantitative estimate of drug-likeness (QED) is 0.554. The van der Waals surface area contributed by atoms with E-state index in [-0.39, 0.29) is 17.5 Å². The Labute approximate surface area is 142 Å². The van der Waals surface area contributed by atoms with Crippen molar-refractivity contribution in [1.29, 1.82) is 0 Å². The SMILES string of the molecule is CC(C)[C@@H](NS(=O)(=O)c1ccc(C#CCCCCF)cc1)C(=O)O. The number of alkyl halides is 1. The van der Waals surface area contributed by atoms with Crippen molar-refractivity contribution in [1.82, 2.24) is 4.72 Å². The van der Waals surface area contributed by atoms with Crippen LogP contribution in [0.3, 0.4) is 0 Å². The van der Waals surface area contributed by atoms with E-state index in [1.165, 1.54) is 12.1 Å². The van der Waals surface area contributed by atoms with Gasteiger partial charge in [-0.25, -0.2) is 8.42 Å². The molecule has 24 heavy (non-hydrogen) atoms. The lowest BCUT2D eigenvalue weighted by molar-refractivity contribution is -0.140. The molecule has 0 heterocycles. The standard InChI is InChI=1S/C17H22FNO4S/c1-13(2)16(17(20)21)19-24(22,23)15-10-8-14(9-11-15)7-5-3-4-6-12-18/h8-11,13,16,19H,3-4,6,12H2,1-2H3,(H,20,21)/t16-/m1/s1. The summed E-state index contributed by atoms with van der Waals surface area (Å²) in [5.41, 5.74) is 0.646. The molecule has 2 N–H and O–H groups in total. The van der Waals surface area contributed by atoms with E-state index in [2.05, 4.69) is 16.6 Å². The first-order valence-electron chi connectivity index (χ1n) is 7.68. The van der Waals surface area contributed by atoms with Crippen LogP contribution in [-0.4, -0.2) is 32.2 Å². The third-order valence-corrected chi connectivity index (χ3v) is 4.75. The van der Waals surface area contributed by atoms with Gasteiger partial charge in [0.05, 0.1) is 11.6 Å². The third-order valence-electron chi connectivity index (χ3n) is 3.30. The molecule has 0 saturated carbocycles. The molecule has 0 aliphatic carbocycles. The molecule has 1 atom stereocenters. The molecule has 0 spiro atoms. The van der Waals surface area contributed by atoms with Crippen LogP contribution in [0.1, 0.15) is 38.7 Å². The molecule has 1 rings (SSSR count). The summed E-state index contributed by atoms with van der Waals surface area (Å²) in [6.07, 6.45) is 1.75. The summed E-state index contributed by atoms with van der Waals surface area (Å²) >= 11 is 0. The van der Waals surface area contributed by atoms with E-state index in [0.717, 1.165) is 0 Å². The number of rotatable bonds is 8. The van der Waals surface area contributed by atoms with Crippen LogP contribution in [0.15, 0.2) is 29.2 Å². The molecule has 1 aromatic rings. The average molecular weight is 355 g/mol. The first-order chi connectivity index (χ1) is 11.3. The van der Waals surface area contributed by atoms with Crippen molar-refractivity contribution in [2.45, 2.75) is 44.0 Å². The highest BCUT2D eigenvalue weighted by molar-refractivity contribution is 7.89. The molecule has 132 valence electrons. The predicted octanol–water partition coefficient (Wildman–Crippen LogP) is 2.57. The van der Waals surface area contributed by atoms with E-state index < -0.39 is 22.0 Å². The summed E-state index contributed by atoms with van der Waals surface area (Å²) in [5, 5.41) is 9.09. The van der Waals surface area contributed by atoms with Gasteiger partial charge in [0.2, 0.25) is 10.0 Å². The second-order valence-corrected chi connectivity index (χ2v) is 7.37. The summed E-state index contributed by atoms with van der Waals surface area (Å²) in [5.74, 6) is 4.17. The fourth-order valence-corrected chi connectivity index (χ4v) is 3.23. The van der Waals surface area contributed by atoms with E-state index in [4.69, 9.17) is 5.11 Å². The zero-order valence-corrected chi connectivity index (χ0v) is 14.6. The van der Waals surface area contributed by atoms with Gasteiger partial charge in [0.15, 0.2) is 0 Å². The molecular weight excluding hydrogens is 333 g/mol. The zero-order valence-electron chi connectivity index (χ0n) is 13.8. The number of hydrogen-bond donors (Lipinski definition) is 2. The minimum atomic E-state index is -3.92. The Morgan fingerprint density at radius 3 is 2.38 bits per heavy atom. The number of benzene rings is 1. The summed E-state index contributed by atoms with van der Waals surface area (Å²) in [6.45, 7) is 2.90. The van der Waals surface area contributed by atoms with Gasteiger partial charge in [-0.05, 0) is 43.0 Å². The van der Waals surface area contributed by atoms with Gasteiger partial charge in [-0.3, -0.25) is 9.18 Å². The Bertz CT molecular complexity index is 702. The van der Waals surface area contributed by atoms with Crippen LogP contribution in [0.5, 0.6) is 0 Å². The lowest BCUT2D eigenvalue weighted by Crippen LogP contribution is -2.44. The molecule has 0 aliphatic rings. The van der Waals surface area contributed by atoms with Gasteiger partial charge >= 0.3 is 5.97 Å². The van der Waals surface area contributed by atoms with E-state index >= 15 is 0 Å². The van der Waals surface area contributed by atoms with Gasteiger partial charge in [-0.1, -0.05) is 25.7 Å². The van der Waals surface area contributed by atoms with Gasteiger partial charge in [0, 0.05) is 12.0 Å². The van der Waals surface area contributed by atoms with Crippen molar-refractivity contribution >= 4 is 16.0 Å². The number of carboxylic acid groups (broad SMARTS) is 1. The van der Waals surface area contributed by atoms with E-state index in [0.29, 0.717) is 24.8 Å². The van der Waals surface area contributed by atoms with E-state index in [1.807, 2.05) is 0 Å². The van der Waals surface area contributed by atoms with Crippen LogP contribution in [-0.2, 0) is 14.8 Å². The summed E-state index contributed by atoms with van der Waals surface area (Å²) in [7, 11) is -3.92. The molecule has 0 aromatic heterocycles. The van der Waals surface area contributed by atoms with Gasteiger partial charge in [0.25, 0.3) is 0 Å². The van der Waals surface area contributed by atoms with Crippen molar-refractivity contribution in [3.8, 4) is 11.8 Å². The Hall–Kier alpha value is -1.91. The highest BCUT2D eigenvalue weighted by Gasteiger charge is 2.27. The Morgan fingerprint density at radius 2 is 1.88 bits per heavy atom. The van der Waals surface area contributed by atoms with Crippen molar-refractivity contribution in [2.75, 3.05) is 6.67 Å². The fraction of sp³-hybridized carbons (Fsp3) is 0.471. The molecule has 0 radical (unpaired) electrons. The predicted molar refractivity (Wildman–Crippen MR) is 89.7 cm³/mol. The number of unbranched alkanes of at least 4 members (excludes halogenated alkanes) is 2. The number of halogens is 1. The molecule has 1 aromatic carbocycles. The Kier molecular flexibility index (Phi) is 7.89. The summed E-state index contributed by atoms with van der Waals surface area (Å²) < 4.78 is 38.6. The highest BCUT2D eigenvalue weighted by atomic mass is 32.2. The minimum absolute atomic E-state index is 0.0163. The minimum Gasteiger partial charge on any atom is -0.480 e. The molecule has 7 heteroatoms. The number of carbonyl (C=O) groups is 1. The largest absolute Gasteiger partial charge is 0.480 e. The highest BCUT2D eigenvalue weighted by Crippen LogP contribution is 2.13. The van der Waals surface area contributed by atoms with Crippen molar-refractivity contribution in [2.24, 2.45) is 5.92 Å². The zero-order chi connectivity index (χ0) is 18.2. The number of carboxylic acids is 1. The lowest BCUT2D eigenvalue weighted by Gasteiger charge is -2.17. The van der Waals surface area contributed by atoms with Crippen LogP contribution in [0.25, 0.3) is 0 Å². The lowest BCUT2D eigenvalue weighted by atomic mass is 10.1. The Morgan fingerprint density at radius 1 is 1.25 bits per heavy atom. The Balaban J connectivity index is 2.81. The second kappa shape index (κ2) is 9.40. The molecule has 0 saturated heterocycles. The topological polar surface area (TPSA) is 83.5 Å². The number of aliphatic carboxylic acids is 1. The normalized spacial score (nSPS) is 12.5. The maximum atomic E-state index is 12.2. The molecule has 0 aliphatic heterocycles. The maximum absolute atomic E-state index is 12.2. The monoisotopic (exact) mass is 355 g/mol. The molecular formula is C17H22FNO4S.